The zero-order chi connectivity index (χ0) is 21.0. The van der Waals surface area contributed by atoms with E-state index in [0.717, 1.165) is 16.0 Å². The number of aryl methyl sites for hydroxylation is 2. The molecule has 0 fully saturated rings. The first-order valence-electron chi connectivity index (χ1n) is 9.20. The second kappa shape index (κ2) is 8.90. The molecule has 0 unspecified atom stereocenters. The van der Waals surface area contributed by atoms with Crippen LogP contribution in [0, 0.1) is 13.8 Å². The van der Waals surface area contributed by atoms with Crippen LogP contribution < -0.4 is 4.72 Å². The van der Waals surface area contributed by atoms with Crippen LogP contribution >= 0.6 is 11.3 Å². The molecule has 0 aliphatic rings. The van der Waals surface area contributed by atoms with E-state index in [1.807, 2.05) is 43.5 Å². The normalized spacial score (nSPS) is 11.4. The van der Waals surface area contributed by atoms with E-state index in [4.69, 9.17) is 0 Å². The fraction of sp³-hybridized carbons (Fsp3) is 0.227. The van der Waals surface area contributed by atoms with Gasteiger partial charge in [-0.2, -0.15) is 0 Å². The molecule has 2 aromatic carbocycles. The molecule has 29 heavy (non-hydrogen) atoms. The van der Waals surface area contributed by atoms with Crippen LogP contribution in [0.4, 0.5) is 0 Å². The number of amides is 1. The molecule has 0 spiro atoms. The van der Waals surface area contributed by atoms with Gasteiger partial charge >= 0.3 is 0 Å². The summed E-state index contributed by atoms with van der Waals surface area (Å²) in [5.74, 6) is -0.222. The molecule has 3 aromatic rings. The Kier molecular flexibility index (Phi) is 6.52. The van der Waals surface area contributed by atoms with E-state index in [1.165, 1.54) is 29.0 Å². The average Bonchev–Trinajstić information content (AvgIpc) is 3.22. The van der Waals surface area contributed by atoms with Crippen LogP contribution in [0.2, 0.25) is 0 Å². The second-order valence-electron chi connectivity index (χ2n) is 7.02. The molecule has 5 nitrogen and oxygen atoms in total. The molecule has 0 aliphatic carbocycles. The number of sulfonamides is 1. The maximum atomic E-state index is 12.9. The predicted octanol–water partition coefficient (Wildman–Crippen LogP) is 4.12. The number of nitrogens with one attached hydrogen (secondary N) is 1. The quantitative estimate of drug-likeness (QED) is 0.616. The van der Waals surface area contributed by atoms with Gasteiger partial charge in [0.1, 0.15) is 0 Å². The summed E-state index contributed by atoms with van der Waals surface area (Å²) in [5.41, 5.74) is 3.70. The number of hydrogen-bond donors (Lipinski definition) is 1. The van der Waals surface area contributed by atoms with Crippen molar-refractivity contribution in [2.24, 2.45) is 0 Å². The monoisotopic (exact) mass is 428 g/mol. The zero-order valence-corrected chi connectivity index (χ0v) is 18.3. The standard InChI is InChI=1S/C22H24N2O3S2/c1-16-9-10-19(17(2)12-16)15-24(3)22(25)18-6-4-8-21(13-18)29(26,27)23-14-20-7-5-11-28-20/h4-13,23H,14-15H2,1-3H3. The molecule has 152 valence electrons. The van der Waals surface area contributed by atoms with E-state index in [2.05, 4.69) is 10.8 Å². The van der Waals surface area contributed by atoms with Gasteiger partial charge in [-0.15, -0.1) is 11.3 Å². The van der Waals surface area contributed by atoms with Crippen molar-refractivity contribution in [3.63, 3.8) is 0 Å². The highest BCUT2D eigenvalue weighted by atomic mass is 32.2. The minimum Gasteiger partial charge on any atom is -0.337 e. The van der Waals surface area contributed by atoms with Gasteiger partial charge < -0.3 is 4.90 Å². The van der Waals surface area contributed by atoms with Crippen molar-refractivity contribution < 1.29 is 13.2 Å². The summed E-state index contributed by atoms with van der Waals surface area (Å²) in [5, 5.41) is 1.90. The molecule has 1 heterocycles. The van der Waals surface area contributed by atoms with Crippen molar-refractivity contribution in [3.05, 3.63) is 87.1 Å². The van der Waals surface area contributed by atoms with Crippen LogP contribution in [0.5, 0.6) is 0 Å². The highest BCUT2D eigenvalue weighted by Gasteiger charge is 2.18. The van der Waals surface area contributed by atoms with Crippen LogP contribution in [-0.2, 0) is 23.1 Å². The number of hydrogen-bond acceptors (Lipinski definition) is 4. The van der Waals surface area contributed by atoms with Gasteiger partial charge in [0.2, 0.25) is 10.0 Å². The first-order chi connectivity index (χ1) is 13.8. The van der Waals surface area contributed by atoms with Crippen molar-refractivity contribution in [1.29, 1.82) is 0 Å². The van der Waals surface area contributed by atoms with Gasteiger partial charge in [-0.05, 0) is 54.6 Å². The number of benzene rings is 2. The molecule has 1 N–H and O–H groups in total. The second-order valence-corrected chi connectivity index (χ2v) is 9.82. The molecule has 0 radical (unpaired) electrons. The van der Waals surface area contributed by atoms with Crippen molar-refractivity contribution >= 4 is 27.3 Å². The van der Waals surface area contributed by atoms with E-state index in [1.54, 1.807) is 24.1 Å². The molecule has 1 amide bonds. The van der Waals surface area contributed by atoms with Crippen LogP contribution in [0.15, 0.2) is 64.9 Å². The highest BCUT2D eigenvalue weighted by Crippen LogP contribution is 2.17. The molecular formula is C22H24N2O3S2. The predicted molar refractivity (Wildman–Crippen MR) is 117 cm³/mol. The summed E-state index contributed by atoms with van der Waals surface area (Å²) in [6.07, 6.45) is 0. The van der Waals surface area contributed by atoms with Gasteiger partial charge in [-0.25, -0.2) is 13.1 Å². The van der Waals surface area contributed by atoms with Gasteiger partial charge in [0, 0.05) is 30.6 Å². The summed E-state index contributed by atoms with van der Waals surface area (Å²) < 4.78 is 27.8. The highest BCUT2D eigenvalue weighted by molar-refractivity contribution is 7.89. The number of carbonyl (C=O) groups is 1. The molecule has 0 bridgehead atoms. The molecule has 0 saturated carbocycles. The van der Waals surface area contributed by atoms with Crippen molar-refractivity contribution in [3.8, 4) is 0 Å². The van der Waals surface area contributed by atoms with Crippen LogP contribution in [0.25, 0.3) is 0 Å². The Morgan fingerprint density at radius 3 is 2.55 bits per heavy atom. The van der Waals surface area contributed by atoms with Crippen molar-refractivity contribution in [1.82, 2.24) is 9.62 Å². The lowest BCUT2D eigenvalue weighted by Crippen LogP contribution is -2.27. The third-order valence-electron chi connectivity index (χ3n) is 4.66. The smallest absolute Gasteiger partial charge is 0.253 e. The Morgan fingerprint density at radius 2 is 1.86 bits per heavy atom. The molecule has 0 saturated heterocycles. The van der Waals surface area contributed by atoms with E-state index in [0.29, 0.717) is 12.1 Å². The topological polar surface area (TPSA) is 66.5 Å². The van der Waals surface area contributed by atoms with E-state index in [-0.39, 0.29) is 17.3 Å². The third-order valence-corrected chi connectivity index (χ3v) is 6.94. The Labute approximate surface area is 176 Å². The Bertz CT molecular complexity index is 1110. The van der Waals surface area contributed by atoms with Crippen LogP contribution in [0.3, 0.4) is 0 Å². The summed E-state index contributed by atoms with van der Waals surface area (Å²) in [6.45, 7) is 4.74. The molecular weight excluding hydrogens is 404 g/mol. The van der Waals surface area contributed by atoms with E-state index < -0.39 is 10.0 Å². The van der Waals surface area contributed by atoms with Crippen LogP contribution in [-0.4, -0.2) is 26.3 Å². The summed E-state index contributed by atoms with van der Waals surface area (Å²) in [7, 11) is -1.98. The van der Waals surface area contributed by atoms with E-state index in [9.17, 15) is 13.2 Å². The molecule has 3 rings (SSSR count). The number of carbonyl (C=O) groups excluding carboxylic acids is 1. The Hall–Kier alpha value is -2.48. The SMILES string of the molecule is Cc1ccc(CN(C)C(=O)c2cccc(S(=O)(=O)NCc3cccs3)c2)c(C)c1. The first-order valence-corrected chi connectivity index (χ1v) is 11.6. The van der Waals surface area contributed by atoms with Crippen LogP contribution in [0.1, 0.15) is 31.9 Å². The maximum absolute atomic E-state index is 12.9. The van der Waals surface area contributed by atoms with Gasteiger partial charge in [-0.3, -0.25) is 4.79 Å². The fourth-order valence-corrected chi connectivity index (χ4v) is 4.82. The minimum absolute atomic E-state index is 0.0832. The van der Waals surface area contributed by atoms with Gasteiger partial charge in [0.25, 0.3) is 5.91 Å². The number of rotatable bonds is 7. The number of nitrogens with zero attached hydrogens (tertiary/aromatic N) is 1. The largest absolute Gasteiger partial charge is 0.337 e. The van der Waals surface area contributed by atoms with Gasteiger partial charge in [0.05, 0.1) is 4.90 Å². The Balaban J connectivity index is 1.74. The Morgan fingerprint density at radius 1 is 1.07 bits per heavy atom. The van der Waals surface area contributed by atoms with E-state index >= 15 is 0 Å². The lowest BCUT2D eigenvalue weighted by Gasteiger charge is -2.19. The molecule has 0 aliphatic heterocycles. The first kappa shape index (κ1) is 21.2. The average molecular weight is 429 g/mol. The summed E-state index contributed by atoms with van der Waals surface area (Å²) >= 11 is 1.49. The zero-order valence-electron chi connectivity index (χ0n) is 16.7. The van der Waals surface area contributed by atoms with Crippen molar-refractivity contribution in [2.45, 2.75) is 31.8 Å². The number of thiophene rings is 1. The summed E-state index contributed by atoms with van der Waals surface area (Å²) in [4.78, 5) is 15.5. The lowest BCUT2D eigenvalue weighted by atomic mass is 10.1. The maximum Gasteiger partial charge on any atom is 0.253 e. The van der Waals surface area contributed by atoms with Gasteiger partial charge in [-0.1, -0.05) is 35.9 Å². The fourth-order valence-electron chi connectivity index (χ4n) is 3.03. The van der Waals surface area contributed by atoms with Gasteiger partial charge in [0.15, 0.2) is 0 Å². The molecule has 0 atom stereocenters. The molecule has 7 heteroatoms. The third kappa shape index (κ3) is 5.32. The lowest BCUT2D eigenvalue weighted by molar-refractivity contribution is 0.0784. The summed E-state index contributed by atoms with van der Waals surface area (Å²) in [6, 6.07) is 16.0. The molecule has 1 aromatic heterocycles. The van der Waals surface area contributed by atoms with Crippen molar-refractivity contribution in [2.75, 3.05) is 7.05 Å². The minimum atomic E-state index is -3.70.